The van der Waals surface area contributed by atoms with E-state index in [-0.39, 0.29) is 68.5 Å². The number of fused-ring (bicyclic) bond motifs is 4. The van der Waals surface area contributed by atoms with Gasteiger partial charge in [0.2, 0.25) is 0 Å². The number of para-hydroxylation sites is 2. The average molecular weight is 1820 g/mol. The number of ketones is 3. The lowest BCUT2D eigenvalue weighted by Crippen LogP contribution is -2.32. The van der Waals surface area contributed by atoms with Crippen LogP contribution in [0, 0.1) is 11.8 Å². The van der Waals surface area contributed by atoms with Crippen LogP contribution in [0.4, 0.5) is 16.0 Å². The fourth-order valence-electron chi connectivity index (χ4n) is 14.8. The van der Waals surface area contributed by atoms with Gasteiger partial charge in [-0.3, -0.25) is 28.4 Å². The number of rotatable bonds is 59. The maximum absolute atomic E-state index is 13.1. The number of methoxy groups -OCH3 is 2. The van der Waals surface area contributed by atoms with E-state index in [1.54, 1.807) is 14.2 Å². The van der Waals surface area contributed by atoms with Crippen molar-refractivity contribution in [2.75, 3.05) is 217 Å². The van der Waals surface area contributed by atoms with Crippen LogP contribution in [0.15, 0.2) is 71.4 Å². The first-order chi connectivity index (χ1) is 64.0. The lowest BCUT2D eigenvalue weighted by Gasteiger charge is -2.26. The van der Waals surface area contributed by atoms with Gasteiger partial charge in [-0.25, -0.2) is 33.8 Å². The molecule has 6 aromatic heterocycles. The summed E-state index contributed by atoms with van der Waals surface area (Å²) in [5.41, 5.74) is 40.4. The minimum Gasteiger partial charge on any atom is -0.495 e. The number of ether oxygens (including phenoxy) is 13. The maximum atomic E-state index is 13.1. The van der Waals surface area contributed by atoms with Crippen LogP contribution >= 0.6 is 0 Å². The Bertz CT molecular complexity index is 4760. The van der Waals surface area contributed by atoms with E-state index < -0.39 is 24.9 Å². The molecule has 11 rings (SSSR count). The molecule has 8 aromatic rings. The van der Waals surface area contributed by atoms with Crippen LogP contribution in [-0.4, -0.2) is 300 Å². The second-order valence-electron chi connectivity index (χ2n) is 30.1. The summed E-state index contributed by atoms with van der Waals surface area (Å²) in [6.07, 6.45) is 13.5. The van der Waals surface area contributed by atoms with Crippen LogP contribution in [-0.2, 0) is 85.7 Å². The fraction of sp³-hybridized carbons (Fsp3) is 0.636. The van der Waals surface area contributed by atoms with Gasteiger partial charge in [-0.15, -0.1) is 5.06 Å². The van der Waals surface area contributed by atoms with Crippen LogP contribution in [0.3, 0.4) is 0 Å². The standard InChI is InChI=1S/C42H61N9O10.C30H41N7O5.C9H12N4O5.C6H15N.CH3F/c1-54-37-8-2-5-33-29-35(48-38(33)37)39-40-41(43)45-30-47-51(40)42(49-39)32-11-9-31(10-12-32)36(53)7-4-16-56-20-24-59-23-19-55-15-3-6-34(52)13-17-57-21-25-60-27-28-61-26-22-58-18-14-46-50-44;1-39-25-6-2-4-22-18-23(35-26(22)25)27-28-29(32)33-19-34-37(28)30(36-27)21-9-7-20(8-10-21)24(38)5-3-12-40-14-16-42-17-15-41-13-11-31;10-12-11-4-6-17-5-3-9(16)18-13-7(14)1-2-8(13)15;1-4-7(5-2)6-3;1-2/h2,5,8,29-32,48H,3-4,6-7,9-28H2,1H3,(H2,43,45,47);2,4,6,18-21,35H,3,5,7-17,31H2,1H3,(H2,32,33,34);1-6H2;4-6H2,1-3H3;1H3/i;;;;1D. The molecular weight excluding hydrogens is 1690 g/mol. The predicted octanol–water partition coefficient (Wildman–Crippen LogP) is 11.4. The molecule has 1 aliphatic heterocycles. The van der Waals surface area contributed by atoms with Gasteiger partial charge in [0.25, 0.3) is 11.8 Å². The molecule has 2 saturated carbocycles. The SMILES string of the molecule is CCN(CC)CC.COc1cccc2cc(-c3nc(C4CCC(C(=O)CCCOCCOCCOCCCC(=O)CCOCCOCCOCCOCCN=[N+]=[N-])CC4)n4ncnc(N)c34)[nH]c12.COc1cccc2cc(-c3nc(C4CCC(C(=O)CCCOCCOCCOCCN)CC4)n4ncnc(N)c34)[nH]c12.[2H]CF.[N-]=[N+]=NCCOCCC(=O)ON1C(=O)CCC1=O. The van der Waals surface area contributed by atoms with E-state index in [0.29, 0.717) is 234 Å². The van der Waals surface area contributed by atoms with E-state index in [0.717, 1.165) is 114 Å². The zero-order chi connectivity index (χ0) is 94.0. The van der Waals surface area contributed by atoms with Crippen molar-refractivity contribution < 1.29 is 101 Å². The third-order valence-electron chi connectivity index (χ3n) is 21.6. The normalized spacial score (nSPS) is 15.5. The number of hydrogen-bond donors (Lipinski definition) is 5. The van der Waals surface area contributed by atoms with Crippen molar-refractivity contribution >= 4 is 79.6 Å². The lowest BCUT2D eigenvalue weighted by atomic mass is 9.79. The highest BCUT2D eigenvalue weighted by Crippen LogP contribution is 2.42. The zero-order valence-corrected chi connectivity index (χ0v) is 75.7. The molecule has 0 unspecified atom stereocenters. The molecule has 0 bridgehead atoms. The number of nitrogens with two attached hydrogens (primary N) is 3. The number of Topliss-reactive ketones (excluding diaryl/α,β-unsaturated/α-hetero) is 3. The molecule has 716 valence electrons. The summed E-state index contributed by atoms with van der Waals surface area (Å²) in [7, 11) is 2.30. The number of alkyl halides is 1. The minimum atomic E-state index is -1.00. The van der Waals surface area contributed by atoms with Gasteiger partial charge in [0.05, 0.1) is 177 Å². The highest BCUT2D eigenvalue weighted by atomic mass is 19.1. The summed E-state index contributed by atoms with van der Waals surface area (Å²) in [6.45, 7) is 20.7. The molecule has 3 fully saturated rings. The average Bonchev–Trinajstić information content (AvgIpc) is 1.60. The van der Waals surface area contributed by atoms with E-state index in [1.807, 2.05) is 57.6 Å². The van der Waals surface area contributed by atoms with Gasteiger partial charge in [0.15, 0.2) is 11.6 Å². The van der Waals surface area contributed by atoms with E-state index >= 15 is 0 Å². The smallest absolute Gasteiger partial charge is 0.335 e. The number of imide groups is 1. The Morgan fingerprint density at radius 3 is 1.25 bits per heavy atom. The number of carbonyl (C=O) groups is 6. The molecule has 0 spiro atoms. The minimum absolute atomic E-state index is 0.0363. The number of nitrogens with one attached hydrogen (secondary N) is 2. The molecule has 2 amide bonds. The van der Waals surface area contributed by atoms with Gasteiger partial charge < -0.3 is 98.5 Å². The van der Waals surface area contributed by atoms with Crippen molar-refractivity contribution in [3.8, 4) is 34.3 Å². The largest absolute Gasteiger partial charge is 0.495 e. The molecule has 2 aliphatic carbocycles. The fourth-order valence-corrected chi connectivity index (χ4v) is 14.8. The Kier molecular flexibility index (Phi) is 50.6. The number of carbonyl (C=O) groups excluding carboxylic acids is 6. The second kappa shape index (κ2) is 62.7. The van der Waals surface area contributed by atoms with Crippen molar-refractivity contribution in [1.29, 1.82) is 0 Å². The first-order valence-corrected chi connectivity index (χ1v) is 44.6. The van der Waals surface area contributed by atoms with Crippen molar-refractivity contribution in [2.45, 2.75) is 148 Å². The van der Waals surface area contributed by atoms with Crippen molar-refractivity contribution in [2.24, 2.45) is 27.8 Å². The molecule has 130 heavy (non-hydrogen) atoms. The number of H-pyrrole nitrogens is 2. The summed E-state index contributed by atoms with van der Waals surface area (Å²) >= 11 is 0. The van der Waals surface area contributed by atoms with Crippen molar-refractivity contribution in [3.05, 3.63) is 93.7 Å². The number of aromatic nitrogens is 10. The third kappa shape index (κ3) is 36.0. The quantitative estimate of drug-likeness (QED) is 0.00777. The Hall–Kier alpha value is -10.5. The molecule has 0 atom stereocenters. The number of aromatic amines is 2. The summed E-state index contributed by atoms with van der Waals surface area (Å²) in [4.78, 5) is 109. The molecule has 8 N–H and O–H groups in total. The summed E-state index contributed by atoms with van der Waals surface area (Å²) in [6, 6.07) is 15.9. The molecular formula is C88H132FN21O20. The van der Waals surface area contributed by atoms with Gasteiger partial charge in [-0.1, -0.05) is 55.3 Å². The van der Waals surface area contributed by atoms with E-state index in [4.69, 9.17) is 101 Å². The highest BCUT2D eigenvalue weighted by Gasteiger charge is 2.35. The topological polar surface area (TPSA) is 531 Å². The Morgan fingerprint density at radius 2 is 0.877 bits per heavy atom. The van der Waals surface area contributed by atoms with Gasteiger partial charge in [-0.05, 0) is 126 Å². The number of benzene rings is 2. The summed E-state index contributed by atoms with van der Waals surface area (Å²) in [5.74, 6) is 3.35. The second-order valence-corrected chi connectivity index (χ2v) is 30.1. The number of halogens is 1. The van der Waals surface area contributed by atoms with Crippen molar-refractivity contribution in [3.63, 3.8) is 0 Å². The number of hydroxylamine groups is 2. The zero-order valence-electron chi connectivity index (χ0n) is 76.7. The van der Waals surface area contributed by atoms with Gasteiger partial charge in [0.1, 0.15) is 75.6 Å². The van der Waals surface area contributed by atoms with Crippen LogP contribution in [0.1, 0.15) is 161 Å². The Balaban J connectivity index is 0.000000286. The molecule has 2 aromatic carbocycles. The monoisotopic (exact) mass is 1820 g/mol. The lowest BCUT2D eigenvalue weighted by molar-refractivity contribution is -0.198. The molecule has 41 nitrogen and oxygen atoms in total. The van der Waals surface area contributed by atoms with Gasteiger partial charge in [-0.2, -0.15) is 10.2 Å². The maximum Gasteiger partial charge on any atom is 0.335 e. The number of nitrogens with zero attached hydrogens (tertiary/aromatic N) is 16. The molecule has 0 radical (unpaired) electrons. The number of anilines is 2. The van der Waals surface area contributed by atoms with Gasteiger partial charge in [0, 0.05) is 122 Å². The predicted molar refractivity (Wildman–Crippen MR) is 483 cm³/mol. The van der Waals surface area contributed by atoms with Crippen LogP contribution in [0.25, 0.3) is 76.5 Å². The van der Waals surface area contributed by atoms with E-state index in [2.05, 4.69) is 80.7 Å². The number of imidazole rings is 2. The molecule has 3 aliphatic rings. The summed E-state index contributed by atoms with van der Waals surface area (Å²) < 4.78 is 89.9. The summed E-state index contributed by atoms with van der Waals surface area (Å²) in [5, 5.41) is 18.2. The first kappa shape index (κ1) is 105. The first-order valence-electron chi connectivity index (χ1n) is 45.3. The van der Waals surface area contributed by atoms with E-state index in [1.165, 1.54) is 32.3 Å². The molecule has 7 heterocycles. The number of hydrogen-bond acceptors (Lipinski definition) is 32. The van der Waals surface area contributed by atoms with Crippen LogP contribution < -0.4 is 26.7 Å². The third-order valence-corrected chi connectivity index (χ3v) is 21.6. The Labute approximate surface area is 757 Å². The van der Waals surface area contributed by atoms with Crippen molar-refractivity contribution in [1.82, 2.24) is 59.1 Å². The molecule has 42 heteroatoms. The number of azide groups is 2. The Morgan fingerprint density at radius 1 is 0.515 bits per heavy atom. The molecule has 1 saturated heterocycles. The van der Waals surface area contributed by atoms with Gasteiger partial charge >= 0.3 is 5.97 Å². The highest BCUT2D eigenvalue weighted by molar-refractivity contribution is 6.01. The van der Waals surface area contributed by atoms with Crippen LogP contribution in [0.5, 0.6) is 11.5 Å². The van der Waals surface area contributed by atoms with Crippen LogP contribution in [0.2, 0.25) is 0 Å². The van der Waals surface area contributed by atoms with E-state index in [9.17, 15) is 33.2 Å². The number of nitrogen functional groups attached to an aromatic ring is 2. The number of amides is 2.